The van der Waals surface area contributed by atoms with Crippen molar-refractivity contribution in [2.45, 2.75) is 39.3 Å². The molecule has 5 heteroatoms. The number of piperazine rings is 1. The highest BCUT2D eigenvalue weighted by atomic mass is 32.1. The molecule has 1 saturated heterocycles. The summed E-state index contributed by atoms with van der Waals surface area (Å²) in [5.41, 5.74) is 1.31. The Hall–Kier alpha value is -0.490. The Morgan fingerprint density at radius 1 is 1.30 bits per heavy atom. The van der Waals surface area contributed by atoms with E-state index in [0.717, 1.165) is 39.1 Å². The maximum absolute atomic E-state index is 4.97. The van der Waals surface area contributed by atoms with Crippen LogP contribution >= 0.6 is 11.3 Å². The van der Waals surface area contributed by atoms with Crippen molar-refractivity contribution < 1.29 is 0 Å². The molecule has 1 aromatic heterocycles. The summed E-state index contributed by atoms with van der Waals surface area (Å²) < 4.78 is 0. The zero-order valence-corrected chi connectivity index (χ0v) is 14.1. The summed E-state index contributed by atoms with van der Waals surface area (Å²) in [5.74, 6) is 0. The topological polar surface area (TPSA) is 31.4 Å². The molecule has 1 N–H and O–H groups in total. The fourth-order valence-corrected chi connectivity index (χ4v) is 3.87. The molecular weight excluding hydrogens is 268 g/mol. The van der Waals surface area contributed by atoms with Gasteiger partial charge in [0.25, 0.3) is 0 Å². The lowest BCUT2D eigenvalue weighted by atomic mass is 10.2. The van der Waals surface area contributed by atoms with E-state index in [9.17, 15) is 0 Å². The summed E-state index contributed by atoms with van der Waals surface area (Å²) in [5, 5.41) is 4.75. The van der Waals surface area contributed by atoms with Crippen molar-refractivity contribution in [3.63, 3.8) is 0 Å². The molecule has 0 spiro atoms. The number of nitrogens with one attached hydrogen (secondary N) is 1. The first-order valence-corrected chi connectivity index (χ1v) is 8.55. The summed E-state index contributed by atoms with van der Waals surface area (Å²) in [6.07, 6.45) is 2.27. The van der Waals surface area contributed by atoms with Crippen molar-refractivity contribution >= 4 is 11.3 Å². The number of aryl methyl sites for hydroxylation is 1. The van der Waals surface area contributed by atoms with Crippen molar-refractivity contribution in [1.82, 2.24) is 20.1 Å². The SMILES string of the molecule is CCCc1nc(C2CN(C)CCN2C)sc1CNCC. The van der Waals surface area contributed by atoms with E-state index < -0.39 is 0 Å². The van der Waals surface area contributed by atoms with E-state index in [4.69, 9.17) is 4.98 Å². The van der Waals surface area contributed by atoms with Crippen LogP contribution in [-0.4, -0.2) is 55.1 Å². The lowest BCUT2D eigenvalue weighted by Gasteiger charge is -2.36. The number of hydrogen-bond acceptors (Lipinski definition) is 5. The molecule has 0 aromatic carbocycles. The number of aromatic nitrogens is 1. The molecule has 0 radical (unpaired) electrons. The van der Waals surface area contributed by atoms with E-state index in [2.05, 4.69) is 43.1 Å². The summed E-state index contributed by atoms with van der Waals surface area (Å²) in [7, 11) is 4.43. The Bertz CT molecular complexity index is 418. The molecule has 4 nitrogen and oxygen atoms in total. The largest absolute Gasteiger partial charge is 0.312 e. The van der Waals surface area contributed by atoms with E-state index in [0.29, 0.717) is 6.04 Å². The Morgan fingerprint density at radius 3 is 2.80 bits per heavy atom. The number of nitrogens with zero attached hydrogens (tertiary/aromatic N) is 3. The smallest absolute Gasteiger partial charge is 0.112 e. The van der Waals surface area contributed by atoms with Crippen LogP contribution in [0, 0.1) is 0 Å². The average Bonchev–Trinajstić information content (AvgIpc) is 2.82. The van der Waals surface area contributed by atoms with Gasteiger partial charge >= 0.3 is 0 Å². The lowest BCUT2D eigenvalue weighted by Crippen LogP contribution is -2.44. The van der Waals surface area contributed by atoms with Crippen molar-refractivity contribution in [1.29, 1.82) is 0 Å². The third-order valence-corrected chi connectivity index (χ3v) is 5.15. The van der Waals surface area contributed by atoms with Gasteiger partial charge in [0.1, 0.15) is 5.01 Å². The van der Waals surface area contributed by atoms with Crippen LogP contribution in [0.2, 0.25) is 0 Å². The van der Waals surface area contributed by atoms with Gasteiger partial charge in [0, 0.05) is 31.1 Å². The third kappa shape index (κ3) is 3.79. The van der Waals surface area contributed by atoms with Gasteiger partial charge in [-0.2, -0.15) is 0 Å². The molecule has 114 valence electrons. The molecule has 0 amide bonds. The van der Waals surface area contributed by atoms with Gasteiger partial charge in [0.15, 0.2) is 0 Å². The maximum atomic E-state index is 4.97. The van der Waals surface area contributed by atoms with Crippen LogP contribution in [0.3, 0.4) is 0 Å². The zero-order valence-electron chi connectivity index (χ0n) is 13.3. The molecule has 1 atom stereocenters. The van der Waals surface area contributed by atoms with E-state index in [1.54, 1.807) is 0 Å². The highest BCUT2D eigenvalue weighted by molar-refractivity contribution is 7.11. The number of thiazole rings is 1. The van der Waals surface area contributed by atoms with Gasteiger partial charge in [0.2, 0.25) is 0 Å². The van der Waals surface area contributed by atoms with Crippen molar-refractivity contribution in [3.05, 3.63) is 15.6 Å². The van der Waals surface area contributed by atoms with Gasteiger partial charge in [-0.1, -0.05) is 20.3 Å². The third-order valence-electron chi connectivity index (χ3n) is 3.95. The maximum Gasteiger partial charge on any atom is 0.112 e. The Kier molecular flexibility index (Phi) is 5.96. The Morgan fingerprint density at radius 2 is 2.10 bits per heavy atom. The number of hydrogen-bond donors (Lipinski definition) is 1. The molecule has 0 aliphatic carbocycles. The fraction of sp³-hybridized carbons (Fsp3) is 0.800. The Balaban J connectivity index is 2.17. The minimum Gasteiger partial charge on any atom is -0.312 e. The van der Waals surface area contributed by atoms with Gasteiger partial charge < -0.3 is 10.2 Å². The minimum atomic E-state index is 0.463. The first kappa shape index (κ1) is 15.9. The molecule has 1 unspecified atom stereocenters. The average molecular weight is 296 g/mol. The van der Waals surface area contributed by atoms with Crippen molar-refractivity contribution in [2.75, 3.05) is 40.3 Å². The predicted octanol–water partition coefficient (Wildman–Crippen LogP) is 2.12. The van der Waals surface area contributed by atoms with Crippen molar-refractivity contribution in [3.8, 4) is 0 Å². The van der Waals surface area contributed by atoms with Crippen LogP contribution < -0.4 is 5.32 Å². The summed E-state index contributed by atoms with van der Waals surface area (Å²) in [6, 6.07) is 0.463. The first-order valence-electron chi connectivity index (χ1n) is 7.73. The molecule has 0 bridgehead atoms. The molecule has 1 aliphatic rings. The second kappa shape index (κ2) is 7.50. The van der Waals surface area contributed by atoms with E-state index in [1.807, 2.05) is 11.3 Å². The summed E-state index contributed by atoms with van der Waals surface area (Å²) in [4.78, 5) is 11.3. The molecule has 20 heavy (non-hydrogen) atoms. The van der Waals surface area contributed by atoms with E-state index >= 15 is 0 Å². The highest BCUT2D eigenvalue weighted by Gasteiger charge is 2.27. The zero-order chi connectivity index (χ0) is 14.5. The van der Waals surface area contributed by atoms with Crippen LogP contribution in [0.5, 0.6) is 0 Å². The second-order valence-corrected chi connectivity index (χ2v) is 6.83. The number of rotatable bonds is 6. The van der Waals surface area contributed by atoms with Crippen LogP contribution in [0.4, 0.5) is 0 Å². The minimum absolute atomic E-state index is 0.463. The predicted molar refractivity (Wildman–Crippen MR) is 86.4 cm³/mol. The molecule has 2 heterocycles. The normalized spacial score (nSPS) is 21.5. The van der Waals surface area contributed by atoms with Gasteiger partial charge in [-0.15, -0.1) is 11.3 Å². The van der Waals surface area contributed by atoms with Crippen molar-refractivity contribution in [2.24, 2.45) is 0 Å². The fourth-order valence-electron chi connectivity index (χ4n) is 2.63. The molecule has 1 fully saturated rings. The molecule has 1 aliphatic heterocycles. The molecule has 2 rings (SSSR count). The van der Waals surface area contributed by atoms with Crippen LogP contribution in [0.15, 0.2) is 0 Å². The van der Waals surface area contributed by atoms with E-state index in [-0.39, 0.29) is 0 Å². The van der Waals surface area contributed by atoms with Gasteiger partial charge in [-0.25, -0.2) is 4.98 Å². The molecule has 1 aromatic rings. The standard InChI is InChI=1S/C15H28N4S/c1-5-7-12-14(10-16-6-2)20-15(17-12)13-11-18(3)8-9-19(13)4/h13,16H,5-11H2,1-4H3. The van der Waals surface area contributed by atoms with Gasteiger partial charge in [0.05, 0.1) is 11.7 Å². The van der Waals surface area contributed by atoms with Crippen LogP contribution in [-0.2, 0) is 13.0 Å². The second-order valence-electron chi connectivity index (χ2n) is 5.71. The summed E-state index contributed by atoms with van der Waals surface area (Å²) in [6.45, 7) is 9.76. The lowest BCUT2D eigenvalue weighted by molar-refractivity contribution is 0.115. The highest BCUT2D eigenvalue weighted by Crippen LogP contribution is 2.30. The van der Waals surface area contributed by atoms with Crippen LogP contribution in [0.1, 0.15) is 41.9 Å². The molecule has 0 saturated carbocycles. The first-order chi connectivity index (χ1) is 9.65. The monoisotopic (exact) mass is 296 g/mol. The van der Waals surface area contributed by atoms with Gasteiger partial charge in [-0.3, -0.25) is 4.90 Å². The molecular formula is C15H28N4S. The summed E-state index contributed by atoms with van der Waals surface area (Å²) >= 11 is 1.91. The van der Waals surface area contributed by atoms with Gasteiger partial charge in [-0.05, 0) is 27.1 Å². The van der Waals surface area contributed by atoms with E-state index in [1.165, 1.54) is 22.0 Å². The number of likely N-dealkylation sites (N-methyl/N-ethyl adjacent to an activating group) is 2. The quantitative estimate of drug-likeness (QED) is 0.871. The Labute approximate surface area is 127 Å². The van der Waals surface area contributed by atoms with Crippen LogP contribution in [0.25, 0.3) is 0 Å².